The summed E-state index contributed by atoms with van der Waals surface area (Å²) in [5.41, 5.74) is 2.22. The average molecular weight is 396 g/mol. The van der Waals surface area contributed by atoms with E-state index < -0.39 is 0 Å². The number of aromatic amines is 1. The number of nitrogens with zero attached hydrogens (tertiary/aromatic N) is 1. The van der Waals surface area contributed by atoms with Crippen LogP contribution < -0.4 is 10.9 Å². The van der Waals surface area contributed by atoms with E-state index >= 15 is 0 Å². The van der Waals surface area contributed by atoms with Gasteiger partial charge in [0.1, 0.15) is 10.7 Å². The zero-order valence-electron chi connectivity index (χ0n) is 16.1. The van der Waals surface area contributed by atoms with Gasteiger partial charge < -0.3 is 10.3 Å². The van der Waals surface area contributed by atoms with Crippen LogP contribution in [0.5, 0.6) is 0 Å². The van der Waals surface area contributed by atoms with Crippen molar-refractivity contribution in [3.63, 3.8) is 0 Å². The molecule has 0 spiro atoms. The molecule has 6 heteroatoms. The summed E-state index contributed by atoms with van der Waals surface area (Å²) < 4.78 is 0. The van der Waals surface area contributed by atoms with E-state index in [2.05, 4.69) is 15.3 Å². The third kappa shape index (κ3) is 4.02. The third-order valence-corrected chi connectivity index (χ3v) is 6.58. The Morgan fingerprint density at radius 3 is 2.82 bits per heavy atom. The lowest BCUT2D eigenvalue weighted by molar-refractivity contribution is -0.121. The van der Waals surface area contributed by atoms with Crippen molar-refractivity contribution in [3.05, 3.63) is 62.5 Å². The number of rotatable bonds is 5. The minimum atomic E-state index is -0.0579. The number of benzene rings is 1. The molecule has 0 aliphatic heterocycles. The Hall–Kier alpha value is -2.47. The van der Waals surface area contributed by atoms with Crippen molar-refractivity contribution in [1.29, 1.82) is 0 Å². The van der Waals surface area contributed by atoms with Crippen LogP contribution in [0.25, 0.3) is 10.2 Å². The van der Waals surface area contributed by atoms with Gasteiger partial charge in [-0.15, -0.1) is 11.3 Å². The average Bonchev–Trinajstić information content (AvgIpc) is 2.89. The van der Waals surface area contributed by atoms with Crippen molar-refractivity contribution < 1.29 is 4.79 Å². The van der Waals surface area contributed by atoms with Crippen molar-refractivity contribution in [1.82, 2.24) is 15.3 Å². The van der Waals surface area contributed by atoms with E-state index in [0.29, 0.717) is 18.7 Å². The topological polar surface area (TPSA) is 74.8 Å². The smallest absolute Gasteiger partial charge is 0.259 e. The van der Waals surface area contributed by atoms with Gasteiger partial charge >= 0.3 is 0 Å². The van der Waals surface area contributed by atoms with Crippen LogP contribution in [0, 0.1) is 0 Å². The van der Waals surface area contributed by atoms with E-state index in [-0.39, 0.29) is 17.5 Å². The molecule has 5 nitrogen and oxygen atoms in total. The van der Waals surface area contributed by atoms with Gasteiger partial charge in [-0.1, -0.05) is 36.8 Å². The van der Waals surface area contributed by atoms with Gasteiger partial charge in [0.25, 0.3) is 5.56 Å². The fraction of sp³-hybridized carbons (Fsp3) is 0.409. The largest absolute Gasteiger partial charge is 0.350 e. The van der Waals surface area contributed by atoms with Crippen LogP contribution in [0.2, 0.25) is 0 Å². The van der Waals surface area contributed by atoms with Gasteiger partial charge in [0.2, 0.25) is 5.91 Å². The Balaban J connectivity index is 1.45. The minimum absolute atomic E-state index is 0.0407. The van der Waals surface area contributed by atoms with E-state index in [1.54, 1.807) is 11.3 Å². The van der Waals surface area contributed by atoms with Gasteiger partial charge in [0.05, 0.1) is 11.4 Å². The van der Waals surface area contributed by atoms with Gasteiger partial charge in [-0.2, -0.15) is 0 Å². The van der Waals surface area contributed by atoms with Crippen molar-refractivity contribution in [2.45, 2.75) is 57.9 Å². The molecule has 0 saturated carbocycles. The summed E-state index contributed by atoms with van der Waals surface area (Å²) in [5, 5.41) is 3.78. The maximum absolute atomic E-state index is 12.7. The molecule has 0 radical (unpaired) electrons. The number of fused-ring (bicyclic) bond motifs is 3. The van der Waals surface area contributed by atoms with Crippen LogP contribution in [-0.4, -0.2) is 15.9 Å². The first-order valence-corrected chi connectivity index (χ1v) is 10.8. The molecule has 0 bridgehead atoms. The number of carbonyl (C=O) groups is 1. The first kappa shape index (κ1) is 18.9. The molecule has 0 unspecified atom stereocenters. The predicted molar refractivity (Wildman–Crippen MR) is 113 cm³/mol. The summed E-state index contributed by atoms with van der Waals surface area (Å²) in [6.07, 6.45) is 6.30. The molecule has 1 atom stereocenters. The molecule has 2 aromatic heterocycles. The van der Waals surface area contributed by atoms with E-state index in [1.807, 2.05) is 37.3 Å². The Morgan fingerprint density at radius 1 is 1.21 bits per heavy atom. The molecular formula is C22H25N3O2S. The highest BCUT2D eigenvalue weighted by molar-refractivity contribution is 7.18. The predicted octanol–water partition coefficient (Wildman–Crippen LogP) is 4.06. The highest BCUT2D eigenvalue weighted by atomic mass is 32.1. The molecule has 1 aliphatic carbocycles. The summed E-state index contributed by atoms with van der Waals surface area (Å²) in [7, 11) is 0. The molecule has 1 aliphatic rings. The summed E-state index contributed by atoms with van der Waals surface area (Å²) in [6.45, 7) is 1.97. The number of hydrogen-bond acceptors (Lipinski definition) is 4. The number of H-pyrrole nitrogens is 1. The zero-order chi connectivity index (χ0) is 19.5. The van der Waals surface area contributed by atoms with Crippen LogP contribution in [0.1, 0.15) is 60.5 Å². The Labute approximate surface area is 168 Å². The van der Waals surface area contributed by atoms with Crippen molar-refractivity contribution in [3.8, 4) is 0 Å². The van der Waals surface area contributed by atoms with E-state index in [1.165, 1.54) is 23.3 Å². The standard InChI is InChI=1S/C22H25N3O2S/c1-14(15-8-4-2-5-9-15)23-19(26)13-12-18-24-21(27)20-16-10-6-3-7-11-17(16)28-22(20)25-18/h2,4-5,8-9,14H,3,6-7,10-13H2,1H3,(H,23,26)(H,24,25,27)/t14-/m1/s1. The Kier molecular flexibility index (Phi) is 5.57. The number of aryl methyl sites for hydroxylation is 3. The summed E-state index contributed by atoms with van der Waals surface area (Å²) in [6, 6.07) is 9.84. The van der Waals surface area contributed by atoms with Crippen LogP contribution in [0.4, 0.5) is 0 Å². The van der Waals surface area contributed by atoms with Crippen molar-refractivity contribution in [2.75, 3.05) is 0 Å². The van der Waals surface area contributed by atoms with Crippen LogP contribution in [0.15, 0.2) is 35.1 Å². The zero-order valence-corrected chi connectivity index (χ0v) is 16.9. The molecule has 4 rings (SSSR count). The molecule has 2 N–H and O–H groups in total. The van der Waals surface area contributed by atoms with Crippen molar-refractivity contribution >= 4 is 27.5 Å². The van der Waals surface area contributed by atoms with Gasteiger partial charge in [0, 0.05) is 17.7 Å². The monoisotopic (exact) mass is 395 g/mol. The van der Waals surface area contributed by atoms with E-state index in [9.17, 15) is 9.59 Å². The van der Waals surface area contributed by atoms with Gasteiger partial charge in [0.15, 0.2) is 0 Å². The number of thiophene rings is 1. The lowest BCUT2D eigenvalue weighted by atomic mass is 10.1. The number of nitrogens with one attached hydrogen (secondary N) is 2. The van der Waals surface area contributed by atoms with Gasteiger partial charge in [-0.05, 0) is 43.7 Å². The summed E-state index contributed by atoms with van der Waals surface area (Å²) in [4.78, 5) is 34.7. The van der Waals surface area contributed by atoms with Crippen LogP contribution in [-0.2, 0) is 24.1 Å². The number of amides is 1. The molecule has 3 aromatic rings. The van der Waals surface area contributed by atoms with E-state index in [4.69, 9.17) is 0 Å². The quantitative estimate of drug-likeness (QED) is 0.640. The highest BCUT2D eigenvalue weighted by Gasteiger charge is 2.19. The Bertz CT molecular complexity index is 1040. The van der Waals surface area contributed by atoms with E-state index in [0.717, 1.165) is 35.0 Å². The highest BCUT2D eigenvalue weighted by Crippen LogP contribution is 2.32. The Morgan fingerprint density at radius 2 is 2.00 bits per heavy atom. The second kappa shape index (κ2) is 8.27. The van der Waals surface area contributed by atoms with Gasteiger partial charge in [-0.25, -0.2) is 4.98 Å². The van der Waals surface area contributed by atoms with Crippen LogP contribution >= 0.6 is 11.3 Å². The molecule has 28 heavy (non-hydrogen) atoms. The molecule has 1 amide bonds. The number of aromatic nitrogens is 2. The fourth-order valence-electron chi connectivity index (χ4n) is 3.87. The number of hydrogen-bond donors (Lipinski definition) is 2. The molecule has 2 heterocycles. The summed E-state index contributed by atoms with van der Waals surface area (Å²) >= 11 is 1.65. The second-order valence-electron chi connectivity index (χ2n) is 7.46. The maximum Gasteiger partial charge on any atom is 0.259 e. The first-order chi connectivity index (χ1) is 13.6. The molecule has 146 valence electrons. The molecule has 0 saturated heterocycles. The third-order valence-electron chi connectivity index (χ3n) is 5.39. The molecule has 0 fully saturated rings. The maximum atomic E-state index is 12.7. The fourth-order valence-corrected chi connectivity index (χ4v) is 5.16. The van der Waals surface area contributed by atoms with Crippen molar-refractivity contribution in [2.24, 2.45) is 0 Å². The lowest BCUT2D eigenvalue weighted by Crippen LogP contribution is -2.27. The minimum Gasteiger partial charge on any atom is -0.350 e. The SMILES string of the molecule is C[C@@H](NC(=O)CCc1nc2sc3c(c2c(=O)[nH]1)CCCCC3)c1ccccc1. The van der Waals surface area contributed by atoms with Crippen LogP contribution in [0.3, 0.4) is 0 Å². The number of carbonyl (C=O) groups excluding carboxylic acids is 1. The van der Waals surface area contributed by atoms with Gasteiger partial charge in [-0.3, -0.25) is 9.59 Å². The summed E-state index contributed by atoms with van der Waals surface area (Å²) in [5.74, 6) is 0.553. The lowest BCUT2D eigenvalue weighted by Gasteiger charge is -2.14. The molecular weight excluding hydrogens is 370 g/mol. The normalized spacial score (nSPS) is 15.0. The first-order valence-electron chi connectivity index (χ1n) is 9.99. The molecule has 1 aromatic carbocycles. The second-order valence-corrected chi connectivity index (χ2v) is 8.54.